The van der Waals surface area contributed by atoms with Gasteiger partial charge in [0.2, 0.25) is 5.91 Å². The van der Waals surface area contributed by atoms with Crippen LogP contribution >= 0.6 is 11.8 Å². The Morgan fingerprint density at radius 1 is 1.12 bits per heavy atom. The first-order valence-corrected chi connectivity index (χ1v) is 10.5. The Morgan fingerprint density at radius 3 is 2.21 bits per heavy atom. The molecular weight excluding hydrogens is 314 g/mol. The van der Waals surface area contributed by atoms with E-state index in [0.717, 1.165) is 17.8 Å². The van der Waals surface area contributed by atoms with Gasteiger partial charge in [0.05, 0.1) is 5.75 Å². The van der Waals surface area contributed by atoms with Crippen molar-refractivity contribution in [3.63, 3.8) is 0 Å². The van der Waals surface area contributed by atoms with E-state index >= 15 is 0 Å². The van der Waals surface area contributed by atoms with Crippen molar-refractivity contribution in [3.8, 4) is 0 Å². The van der Waals surface area contributed by atoms with Crippen LogP contribution in [0.4, 0.5) is 0 Å². The van der Waals surface area contributed by atoms with Crippen LogP contribution in [0.25, 0.3) is 0 Å². The lowest BCUT2D eigenvalue weighted by atomic mass is 9.48. The van der Waals surface area contributed by atoms with Crippen molar-refractivity contribution in [1.82, 2.24) is 5.32 Å². The van der Waals surface area contributed by atoms with E-state index in [2.05, 4.69) is 43.4 Å². The highest BCUT2D eigenvalue weighted by atomic mass is 32.2. The van der Waals surface area contributed by atoms with Crippen LogP contribution in [-0.4, -0.2) is 17.7 Å². The summed E-state index contributed by atoms with van der Waals surface area (Å²) in [6, 6.07) is 8.76. The van der Waals surface area contributed by atoms with E-state index in [-0.39, 0.29) is 5.91 Å². The first kappa shape index (κ1) is 16.5. The Kier molecular flexibility index (Phi) is 4.40. The lowest BCUT2D eigenvalue weighted by molar-refractivity contribution is -0.123. The molecule has 1 aromatic carbocycles. The van der Waals surface area contributed by atoms with E-state index in [0.29, 0.717) is 17.2 Å². The molecule has 0 radical (unpaired) electrons. The topological polar surface area (TPSA) is 29.1 Å². The van der Waals surface area contributed by atoms with Crippen molar-refractivity contribution < 1.29 is 4.79 Å². The Bertz CT molecular complexity index is 573. The Hall–Kier alpha value is -0.960. The van der Waals surface area contributed by atoms with Crippen molar-refractivity contribution in [2.75, 3.05) is 5.75 Å². The van der Waals surface area contributed by atoms with Gasteiger partial charge in [-0.3, -0.25) is 4.79 Å². The van der Waals surface area contributed by atoms with Gasteiger partial charge in [0, 0.05) is 10.9 Å². The van der Waals surface area contributed by atoms with Crippen LogP contribution in [0.15, 0.2) is 29.2 Å². The molecule has 1 aromatic rings. The zero-order chi connectivity index (χ0) is 16.7. The van der Waals surface area contributed by atoms with E-state index in [1.165, 1.54) is 49.0 Å². The summed E-state index contributed by atoms with van der Waals surface area (Å²) in [4.78, 5) is 13.6. The molecule has 4 saturated carbocycles. The van der Waals surface area contributed by atoms with Crippen molar-refractivity contribution >= 4 is 17.7 Å². The van der Waals surface area contributed by atoms with Crippen LogP contribution in [0.2, 0.25) is 0 Å². The van der Waals surface area contributed by atoms with Crippen molar-refractivity contribution in [3.05, 3.63) is 29.8 Å². The summed E-state index contributed by atoms with van der Waals surface area (Å²) in [5.41, 5.74) is 1.66. The highest BCUT2D eigenvalue weighted by Gasteiger charge is 2.53. The highest BCUT2D eigenvalue weighted by Crippen LogP contribution is 2.61. The molecular formula is C21H29NOS. The van der Waals surface area contributed by atoms with Gasteiger partial charge in [0.15, 0.2) is 0 Å². The molecule has 3 heteroatoms. The molecule has 4 fully saturated rings. The normalized spacial score (nSPS) is 35.0. The average molecular weight is 344 g/mol. The molecule has 1 amide bonds. The largest absolute Gasteiger partial charge is 0.352 e. The maximum Gasteiger partial charge on any atom is 0.230 e. The highest BCUT2D eigenvalue weighted by molar-refractivity contribution is 8.00. The Balaban J connectivity index is 1.33. The minimum absolute atomic E-state index is 0.198. The number of benzene rings is 1. The maximum atomic E-state index is 12.5. The quantitative estimate of drug-likeness (QED) is 0.778. The van der Waals surface area contributed by atoms with Gasteiger partial charge in [-0.2, -0.15) is 0 Å². The molecule has 2 nitrogen and oxygen atoms in total. The minimum atomic E-state index is 0.198. The lowest BCUT2D eigenvalue weighted by Gasteiger charge is -2.59. The fourth-order valence-corrected chi connectivity index (χ4v) is 6.64. The summed E-state index contributed by atoms with van der Waals surface area (Å²) in [5, 5.41) is 3.36. The Morgan fingerprint density at radius 2 is 1.67 bits per heavy atom. The third kappa shape index (κ3) is 3.24. The minimum Gasteiger partial charge on any atom is -0.352 e. The van der Waals surface area contributed by atoms with Crippen molar-refractivity contribution in [2.24, 2.45) is 23.2 Å². The van der Waals surface area contributed by atoms with Crippen LogP contribution in [0, 0.1) is 30.1 Å². The number of aryl methyl sites for hydroxylation is 1. The van der Waals surface area contributed by atoms with Crippen LogP contribution in [-0.2, 0) is 4.79 Å². The molecule has 130 valence electrons. The molecule has 1 atom stereocenters. The van der Waals surface area contributed by atoms with E-state index < -0.39 is 0 Å². The van der Waals surface area contributed by atoms with E-state index in [1.54, 1.807) is 11.8 Å². The molecule has 5 rings (SSSR count). The molecule has 4 aliphatic carbocycles. The molecule has 24 heavy (non-hydrogen) atoms. The Labute approximate surface area is 150 Å². The van der Waals surface area contributed by atoms with Crippen LogP contribution in [0.1, 0.15) is 51.0 Å². The van der Waals surface area contributed by atoms with Crippen molar-refractivity contribution in [1.29, 1.82) is 0 Å². The van der Waals surface area contributed by atoms with Crippen molar-refractivity contribution in [2.45, 2.75) is 63.3 Å². The monoisotopic (exact) mass is 343 g/mol. The third-order valence-corrected chi connectivity index (χ3v) is 7.78. The summed E-state index contributed by atoms with van der Waals surface area (Å²) in [7, 11) is 0. The number of hydrogen-bond acceptors (Lipinski definition) is 2. The van der Waals surface area contributed by atoms with Crippen LogP contribution in [0.5, 0.6) is 0 Å². The second-order valence-electron chi connectivity index (χ2n) is 8.67. The standard InChI is InChI=1S/C21H29NOS/c1-14-3-5-19(6-4-14)24-13-20(23)22-15(2)21-10-16-7-17(11-21)9-18(8-16)12-21/h3-6,15-18H,7-13H2,1-2H3,(H,22,23)/t15-,16?,17?,18?,21?/m1/s1. The predicted molar refractivity (Wildman–Crippen MR) is 100 cm³/mol. The van der Waals surface area contributed by atoms with E-state index in [9.17, 15) is 4.79 Å². The number of thioether (sulfide) groups is 1. The number of carbonyl (C=O) groups excluding carboxylic acids is 1. The fourth-order valence-electron chi connectivity index (χ4n) is 5.93. The molecule has 0 spiro atoms. The summed E-state index contributed by atoms with van der Waals surface area (Å²) in [6.45, 7) is 4.36. The van der Waals surface area contributed by atoms with Gasteiger partial charge < -0.3 is 5.32 Å². The SMILES string of the molecule is Cc1ccc(SCC(=O)N[C@H](C)C23CC4CC(CC(C4)C2)C3)cc1. The number of nitrogens with one attached hydrogen (secondary N) is 1. The summed E-state index contributed by atoms with van der Waals surface area (Å²) in [5.74, 6) is 3.55. The summed E-state index contributed by atoms with van der Waals surface area (Å²) >= 11 is 1.64. The van der Waals surface area contributed by atoms with Gasteiger partial charge in [-0.05, 0) is 87.7 Å². The van der Waals surface area contributed by atoms with Crippen LogP contribution < -0.4 is 5.32 Å². The number of hydrogen-bond donors (Lipinski definition) is 1. The predicted octanol–water partition coefficient (Wildman–Crippen LogP) is 4.81. The average Bonchev–Trinajstić information content (AvgIpc) is 2.53. The van der Waals surface area contributed by atoms with Gasteiger partial charge in [0.1, 0.15) is 0 Å². The smallest absolute Gasteiger partial charge is 0.230 e. The maximum absolute atomic E-state index is 12.5. The molecule has 0 aliphatic heterocycles. The number of rotatable bonds is 5. The van der Waals surface area contributed by atoms with E-state index in [1.807, 2.05) is 0 Å². The van der Waals surface area contributed by atoms with Crippen LogP contribution in [0.3, 0.4) is 0 Å². The zero-order valence-corrected chi connectivity index (χ0v) is 15.7. The second-order valence-corrected chi connectivity index (χ2v) is 9.72. The molecule has 0 heterocycles. The first-order chi connectivity index (χ1) is 11.5. The van der Waals surface area contributed by atoms with Gasteiger partial charge >= 0.3 is 0 Å². The van der Waals surface area contributed by atoms with Gasteiger partial charge in [-0.1, -0.05) is 17.7 Å². The third-order valence-electron chi connectivity index (χ3n) is 6.77. The molecule has 4 bridgehead atoms. The first-order valence-electron chi connectivity index (χ1n) is 9.51. The van der Waals surface area contributed by atoms with Gasteiger partial charge in [0.25, 0.3) is 0 Å². The molecule has 0 aromatic heterocycles. The molecule has 0 saturated heterocycles. The molecule has 0 unspecified atom stereocenters. The molecule has 4 aliphatic rings. The van der Waals surface area contributed by atoms with Gasteiger partial charge in [-0.25, -0.2) is 0 Å². The zero-order valence-electron chi connectivity index (χ0n) is 14.9. The van der Waals surface area contributed by atoms with E-state index in [4.69, 9.17) is 0 Å². The lowest BCUT2D eigenvalue weighted by Crippen LogP contribution is -2.56. The number of amides is 1. The summed E-state index contributed by atoms with van der Waals surface area (Å²) < 4.78 is 0. The summed E-state index contributed by atoms with van der Waals surface area (Å²) in [6.07, 6.45) is 8.44. The van der Waals surface area contributed by atoms with Gasteiger partial charge in [-0.15, -0.1) is 11.8 Å². The number of carbonyl (C=O) groups is 1. The fraction of sp³-hybridized carbons (Fsp3) is 0.667. The second kappa shape index (κ2) is 6.40. The molecule has 1 N–H and O–H groups in total.